The van der Waals surface area contributed by atoms with E-state index in [4.69, 9.17) is 4.74 Å². The van der Waals surface area contributed by atoms with Gasteiger partial charge in [0.25, 0.3) is 0 Å². The standard InChI is InChI=1S/C14H26O2/c1-4-12(2)11-13(15)14(16-3)9-7-5-6-8-10-14/h12H,4-11H2,1-3H3. The average molecular weight is 226 g/mol. The summed E-state index contributed by atoms with van der Waals surface area (Å²) in [6, 6.07) is 0. The Bertz CT molecular complexity index is 215. The van der Waals surface area contributed by atoms with Crippen LogP contribution in [-0.4, -0.2) is 18.5 Å². The zero-order chi connectivity index (χ0) is 12.0. The van der Waals surface area contributed by atoms with Crippen molar-refractivity contribution < 1.29 is 9.53 Å². The number of Topliss-reactive ketones (excluding diaryl/α,β-unsaturated/α-hetero) is 1. The summed E-state index contributed by atoms with van der Waals surface area (Å²) in [5.41, 5.74) is -0.445. The van der Waals surface area contributed by atoms with E-state index >= 15 is 0 Å². The lowest BCUT2D eigenvalue weighted by atomic mass is 9.84. The van der Waals surface area contributed by atoms with E-state index in [1.165, 1.54) is 12.8 Å². The molecule has 94 valence electrons. The van der Waals surface area contributed by atoms with Gasteiger partial charge in [-0.25, -0.2) is 0 Å². The second-order valence-corrected chi connectivity index (χ2v) is 5.25. The van der Waals surface area contributed by atoms with E-state index < -0.39 is 5.60 Å². The molecule has 1 fully saturated rings. The predicted octanol–water partition coefficient (Wildman–Crippen LogP) is 3.73. The zero-order valence-electron chi connectivity index (χ0n) is 11.1. The van der Waals surface area contributed by atoms with E-state index in [1.54, 1.807) is 7.11 Å². The molecule has 0 aromatic carbocycles. The highest BCUT2D eigenvalue weighted by Gasteiger charge is 2.38. The highest BCUT2D eigenvalue weighted by atomic mass is 16.5. The third kappa shape index (κ3) is 3.31. The fraction of sp³-hybridized carbons (Fsp3) is 0.929. The number of carbonyl (C=O) groups is 1. The van der Waals surface area contributed by atoms with Crippen LogP contribution in [-0.2, 0) is 9.53 Å². The molecule has 0 radical (unpaired) electrons. The quantitative estimate of drug-likeness (QED) is 0.668. The van der Waals surface area contributed by atoms with Crippen molar-refractivity contribution in [2.24, 2.45) is 5.92 Å². The average Bonchev–Trinajstić information content (AvgIpc) is 2.54. The lowest BCUT2D eigenvalue weighted by Gasteiger charge is -2.30. The summed E-state index contributed by atoms with van der Waals surface area (Å²) in [6.07, 6.45) is 8.40. The Morgan fingerprint density at radius 1 is 1.25 bits per heavy atom. The fourth-order valence-electron chi connectivity index (χ4n) is 2.54. The first-order valence-corrected chi connectivity index (χ1v) is 6.73. The van der Waals surface area contributed by atoms with Crippen LogP contribution in [0.1, 0.15) is 65.2 Å². The zero-order valence-corrected chi connectivity index (χ0v) is 11.1. The minimum atomic E-state index is -0.445. The maximum atomic E-state index is 12.3. The van der Waals surface area contributed by atoms with Crippen LogP contribution < -0.4 is 0 Å². The van der Waals surface area contributed by atoms with Crippen LogP contribution in [0, 0.1) is 5.92 Å². The number of ether oxygens (including phenoxy) is 1. The smallest absolute Gasteiger partial charge is 0.164 e. The Balaban J connectivity index is 2.65. The van der Waals surface area contributed by atoms with Gasteiger partial charge < -0.3 is 4.74 Å². The summed E-state index contributed by atoms with van der Waals surface area (Å²) in [5, 5.41) is 0. The van der Waals surface area contributed by atoms with Gasteiger partial charge in [-0.1, -0.05) is 46.0 Å². The molecule has 0 saturated heterocycles. The first-order chi connectivity index (χ1) is 7.64. The highest BCUT2D eigenvalue weighted by Crippen LogP contribution is 2.32. The van der Waals surface area contributed by atoms with Crippen molar-refractivity contribution in [1.29, 1.82) is 0 Å². The van der Waals surface area contributed by atoms with Crippen molar-refractivity contribution in [1.82, 2.24) is 0 Å². The second kappa shape index (κ2) is 6.39. The predicted molar refractivity (Wildman–Crippen MR) is 66.5 cm³/mol. The molecule has 16 heavy (non-hydrogen) atoms. The van der Waals surface area contributed by atoms with Crippen LogP contribution in [0.2, 0.25) is 0 Å². The normalized spacial score (nSPS) is 22.4. The summed E-state index contributed by atoms with van der Waals surface area (Å²) in [6.45, 7) is 4.29. The second-order valence-electron chi connectivity index (χ2n) is 5.25. The number of rotatable bonds is 5. The Morgan fingerprint density at radius 2 is 1.81 bits per heavy atom. The van der Waals surface area contributed by atoms with Gasteiger partial charge in [0.15, 0.2) is 5.78 Å². The van der Waals surface area contributed by atoms with Crippen molar-refractivity contribution in [2.45, 2.75) is 70.8 Å². The fourth-order valence-corrected chi connectivity index (χ4v) is 2.54. The van der Waals surface area contributed by atoms with Crippen LogP contribution >= 0.6 is 0 Å². The Morgan fingerprint density at radius 3 is 2.25 bits per heavy atom. The maximum Gasteiger partial charge on any atom is 0.164 e. The van der Waals surface area contributed by atoms with Crippen molar-refractivity contribution in [3.63, 3.8) is 0 Å². The molecule has 1 saturated carbocycles. The van der Waals surface area contributed by atoms with Gasteiger partial charge in [0.05, 0.1) is 0 Å². The van der Waals surface area contributed by atoms with E-state index in [0.29, 0.717) is 18.1 Å². The molecule has 1 aliphatic carbocycles. The van der Waals surface area contributed by atoms with E-state index in [2.05, 4.69) is 13.8 Å². The minimum absolute atomic E-state index is 0.339. The molecule has 0 aromatic rings. The minimum Gasteiger partial charge on any atom is -0.370 e. The van der Waals surface area contributed by atoms with E-state index in [0.717, 1.165) is 32.1 Å². The molecule has 0 N–H and O–H groups in total. The molecule has 0 heterocycles. The van der Waals surface area contributed by atoms with Gasteiger partial charge in [-0.3, -0.25) is 4.79 Å². The van der Waals surface area contributed by atoms with Crippen LogP contribution in [0.3, 0.4) is 0 Å². The van der Waals surface area contributed by atoms with Crippen molar-refractivity contribution in [2.75, 3.05) is 7.11 Å². The van der Waals surface area contributed by atoms with E-state index in [1.807, 2.05) is 0 Å². The molecule has 1 atom stereocenters. The summed E-state index contributed by atoms with van der Waals surface area (Å²) in [5.74, 6) is 0.828. The maximum absolute atomic E-state index is 12.3. The molecule has 2 nitrogen and oxygen atoms in total. The van der Waals surface area contributed by atoms with Gasteiger partial charge in [-0.05, 0) is 18.8 Å². The molecule has 2 heteroatoms. The van der Waals surface area contributed by atoms with Crippen LogP contribution in [0.4, 0.5) is 0 Å². The number of ketones is 1. The molecule has 1 unspecified atom stereocenters. The molecule has 0 aromatic heterocycles. The SMILES string of the molecule is CCC(C)CC(=O)C1(OC)CCCCCC1. The monoisotopic (exact) mass is 226 g/mol. The van der Waals surface area contributed by atoms with Gasteiger partial charge in [-0.2, -0.15) is 0 Å². The molecular formula is C14H26O2. The molecule has 1 aliphatic rings. The van der Waals surface area contributed by atoms with Gasteiger partial charge in [0.2, 0.25) is 0 Å². The largest absolute Gasteiger partial charge is 0.370 e. The van der Waals surface area contributed by atoms with Crippen LogP contribution in [0.15, 0.2) is 0 Å². The van der Waals surface area contributed by atoms with Gasteiger partial charge >= 0.3 is 0 Å². The number of carbonyl (C=O) groups excluding carboxylic acids is 1. The summed E-state index contributed by atoms with van der Waals surface area (Å²) in [7, 11) is 1.71. The number of hydrogen-bond acceptors (Lipinski definition) is 2. The summed E-state index contributed by atoms with van der Waals surface area (Å²) < 4.78 is 5.62. The molecule has 1 rings (SSSR count). The third-order valence-corrected chi connectivity index (χ3v) is 4.04. The Labute approximate surface area is 99.8 Å². The number of hydrogen-bond donors (Lipinski definition) is 0. The molecular weight excluding hydrogens is 200 g/mol. The lowest BCUT2D eigenvalue weighted by Crippen LogP contribution is -2.41. The van der Waals surface area contributed by atoms with E-state index in [9.17, 15) is 4.79 Å². The first-order valence-electron chi connectivity index (χ1n) is 6.73. The van der Waals surface area contributed by atoms with E-state index in [-0.39, 0.29) is 0 Å². The first kappa shape index (κ1) is 13.7. The topological polar surface area (TPSA) is 26.3 Å². The van der Waals surface area contributed by atoms with Crippen molar-refractivity contribution in [3.8, 4) is 0 Å². The van der Waals surface area contributed by atoms with Gasteiger partial charge in [0.1, 0.15) is 5.60 Å². The van der Waals surface area contributed by atoms with Crippen molar-refractivity contribution >= 4 is 5.78 Å². The molecule has 0 bridgehead atoms. The molecule has 0 aliphatic heterocycles. The Kier molecular flexibility index (Phi) is 5.47. The lowest BCUT2D eigenvalue weighted by molar-refractivity contribution is -0.143. The van der Waals surface area contributed by atoms with Gasteiger partial charge in [-0.15, -0.1) is 0 Å². The van der Waals surface area contributed by atoms with Crippen LogP contribution in [0.25, 0.3) is 0 Å². The molecule has 0 spiro atoms. The van der Waals surface area contributed by atoms with Crippen molar-refractivity contribution in [3.05, 3.63) is 0 Å². The Hall–Kier alpha value is -0.370. The summed E-state index contributed by atoms with van der Waals surface area (Å²) >= 11 is 0. The summed E-state index contributed by atoms with van der Waals surface area (Å²) in [4.78, 5) is 12.3. The van der Waals surface area contributed by atoms with Crippen LogP contribution in [0.5, 0.6) is 0 Å². The highest BCUT2D eigenvalue weighted by molar-refractivity contribution is 5.87. The third-order valence-electron chi connectivity index (χ3n) is 4.04. The number of methoxy groups -OCH3 is 1. The van der Waals surface area contributed by atoms with Gasteiger partial charge in [0, 0.05) is 13.5 Å². The molecule has 0 amide bonds.